The molecule has 8 nitrogen and oxygen atoms in total. The van der Waals surface area contributed by atoms with Gasteiger partial charge in [-0.1, -0.05) is 107 Å². The molecule has 3 fully saturated rings. The number of pyridine rings is 1. The number of fused-ring (bicyclic) bond motifs is 3. The number of nitrogens with zero attached hydrogens (tertiary/aromatic N) is 2. The first-order valence-corrected chi connectivity index (χ1v) is 22.4. The number of aliphatic hydroxyl groups excluding tert-OH is 1. The number of amides is 2. The summed E-state index contributed by atoms with van der Waals surface area (Å²) in [5.41, 5.74) is 4.10. The van der Waals surface area contributed by atoms with Crippen LogP contribution in [0.5, 0.6) is 0 Å². The second-order valence-corrected chi connectivity index (χ2v) is 21.3. The summed E-state index contributed by atoms with van der Waals surface area (Å²) in [6, 6.07) is 30.8. The summed E-state index contributed by atoms with van der Waals surface area (Å²) in [5.74, 6) is 0.159. The van der Waals surface area contributed by atoms with Gasteiger partial charge < -0.3 is 18.7 Å². The van der Waals surface area contributed by atoms with Gasteiger partial charge in [-0.05, 0) is 94.6 Å². The molecule has 0 unspecified atom stereocenters. The first kappa shape index (κ1) is 38.5. The van der Waals surface area contributed by atoms with Gasteiger partial charge in [0, 0.05) is 18.2 Å². The second-order valence-electron chi connectivity index (χ2n) is 17.0. The van der Waals surface area contributed by atoms with Crippen molar-refractivity contribution in [2.45, 2.75) is 95.9 Å². The molecule has 0 bridgehead atoms. The fourth-order valence-electron chi connectivity index (χ4n) is 10.1. The summed E-state index contributed by atoms with van der Waals surface area (Å²) in [6.45, 7) is 7.46. The van der Waals surface area contributed by atoms with Crippen LogP contribution in [0.2, 0.25) is 5.04 Å². The number of likely N-dealkylation sites (tertiary alicyclic amines) is 1. The minimum absolute atomic E-state index is 0.00147. The smallest absolute Gasteiger partial charge is 0.261 e. The van der Waals surface area contributed by atoms with Crippen molar-refractivity contribution in [3.05, 3.63) is 126 Å². The molecule has 2 saturated heterocycles. The highest BCUT2D eigenvalue weighted by atomic mass is 28.4. The van der Waals surface area contributed by atoms with E-state index in [1.165, 1.54) is 10.4 Å². The summed E-state index contributed by atoms with van der Waals surface area (Å²) < 4.78 is 20.2. The Hall–Kier alpha value is -4.41. The lowest BCUT2D eigenvalue weighted by molar-refractivity contribution is -0.143. The van der Waals surface area contributed by atoms with E-state index >= 15 is 0 Å². The third-order valence-corrected chi connectivity index (χ3v) is 17.7. The van der Waals surface area contributed by atoms with E-state index < -0.39 is 20.2 Å². The van der Waals surface area contributed by atoms with Crippen LogP contribution < -0.4 is 10.4 Å². The molecular formula is C47H54N2O6Si. The van der Waals surface area contributed by atoms with Gasteiger partial charge >= 0.3 is 0 Å². The van der Waals surface area contributed by atoms with Crippen molar-refractivity contribution in [3.8, 4) is 0 Å². The maximum absolute atomic E-state index is 14.5. The van der Waals surface area contributed by atoms with E-state index in [2.05, 4.69) is 86.4 Å². The van der Waals surface area contributed by atoms with Crippen LogP contribution >= 0.6 is 0 Å². The van der Waals surface area contributed by atoms with E-state index in [0.29, 0.717) is 44.0 Å². The number of rotatable bonds is 12. The van der Waals surface area contributed by atoms with E-state index in [9.17, 15) is 14.7 Å². The SMILES string of the molecule is CC(C)(C)[Si](OCC1=C2[C@@H](CC/C(=C/c3ccc(CO)o3)c3ccccn3)OC[C@@H]2[C@@H]2C(=O)N(C3CCCCC3)C(=O)[C@@H]2C1)(c1ccccc1)c1ccccc1. The van der Waals surface area contributed by atoms with Crippen molar-refractivity contribution in [3.63, 3.8) is 0 Å². The maximum Gasteiger partial charge on any atom is 0.261 e. The maximum atomic E-state index is 14.5. The zero-order valence-corrected chi connectivity index (χ0v) is 33.9. The number of furan rings is 1. The number of aliphatic hydroxyl groups is 1. The second kappa shape index (κ2) is 16.2. The summed E-state index contributed by atoms with van der Waals surface area (Å²) in [4.78, 5) is 35.2. The highest BCUT2D eigenvalue weighted by Crippen LogP contribution is 2.51. The van der Waals surface area contributed by atoms with Gasteiger partial charge in [0.2, 0.25) is 11.8 Å². The minimum atomic E-state index is -2.91. The topological polar surface area (TPSA) is 102 Å². The third kappa shape index (κ3) is 7.19. The molecule has 2 aliphatic heterocycles. The van der Waals surface area contributed by atoms with Crippen molar-refractivity contribution in [1.29, 1.82) is 0 Å². The van der Waals surface area contributed by atoms with E-state index in [4.69, 9.17) is 13.6 Å². The molecule has 4 atom stereocenters. The van der Waals surface area contributed by atoms with Gasteiger partial charge in [-0.3, -0.25) is 19.5 Å². The summed E-state index contributed by atoms with van der Waals surface area (Å²) in [6.07, 6.45) is 10.4. The van der Waals surface area contributed by atoms with Crippen LogP contribution in [0.15, 0.2) is 113 Å². The zero-order chi connectivity index (χ0) is 38.9. The summed E-state index contributed by atoms with van der Waals surface area (Å²) in [5, 5.41) is 11.8. The highest BCUT2D eigenvalue weighted by molar-refractivity contribution is 6.99. The Morgan fingerprint density at radius 1 is 0.893 bits per heavy atom. The molecule has 4 heterocycles. The Morgan fingerprint density at radius 3 is 2.21 bits per heavy atom. The lowest BCUT2D eigenvalue weighted by Gasteiger charge is -2.44. The first-order chi connectivity index (χ1) is 27.2. The Balaban J connectivity index is 1.17. The molecule has 56 heavy (non-hydrogen) atoms. The van der Waals surface area contributed by atoms with E-state index in [1.54, 1.807) is 17.2 Å². The van der Waals surface area contributed by atoms with Crippen LogP contribution in [0.25, 0.3) is 11.6 Å². The van der Waals surface area contributed by atoms with Crippen LogP contribution in [-0.2, 0) is 25.4 Å². The number of carbonyl (C=O) groups is 2. The molecule has 2 aliphatic carbocycles. The van der Waals surface area contributed by atoms with Crippen LogP contribution in [0, 0.1) is 17.8 Å². The lowest BCUT2D eigenvalue weighted by Crippen LogP contribution is -2.66. The lowest BCUT2D eigenvalue weighted by atomic mass is 9.69. The number of ether oxygens (including phenoxy) is 1. The number of hydrogen-bond acceptors (Lipinski definition) is 7. The van der Waals surface area contributed by atoms with Crippen LogP contribution in [0.1, 0.15) is 89.4 Å². The van der Waals surface area contributed by atoms with E-state index in [-0.39, 0.29) is 41.5 Å². The fourth-order valence-corrected chi connectivity index (χ4v) is 14.7. The predicted octanol–water partition coefficient (Wildman–Crippen LogP) is 7.71. The summed E-state index contributed by atoms with van der Waals surface area (Å²) >= 11 is 0. The molecule has 4 aliphatic rings. The molecule has 2 amide bonds. The number of benzene rings is 2. The molecule has 9 heteroatoms. The first-order valence-electron chi connectivity index (χ1n) is 20.5. The number of hydrogen-bond donors (Lipinski definition) is 1. The van der Waals surface area contributed by atoms with Gasteiger partial charge in [-0.25, -0.2) is 0 Å². The van der Waals surface area contributed by atoms with Crippen LogP contribution in [-0.4, -0.2) is 60.5 Å². The number of allylic oxidation sites excluding steroid dienone is 1. The molecule has 1 N–H and O–H groups in total. The summed E-state index contributed by atoms with van der Waals surface area (Å²) in [7, 11) is -2.91. The molecular weight excluding hydrogens is 717 g/mol. The highest BCUT2D eigenvalue weighted by Gasteiger charge is 2.59. The van der Waals surface area contributed by atoms with Crippen LogP contribution in [0.3, 0.4) is 0 Å². The van der Waals surface area contributed by atoms with Crippen molar-refractivity contribution in [2.75, 3.05) is 13.2 Å². The van der Waals surface area contributed by atoms with E-state index in [1.807, 2.05) is 30.3 Å². The molecule has 0 spiro atoms. The van der Waals surface area contributed by atoms with Gasteiger partial charge in [0.15, 0.2) is 0 Å². The predicted molar refractivity (Wildman–Crippen MR) is 220 cm³/mol. The number of carbonyl (C=O) groups excluding carboxylic acids is 2. The molecule has 0 radical (unpaired) electrons. The third-order valence-electron chi connectivity index (χ3n) is 12.7. The van der Waals surface area contributed by atoms with Crippen molar-refractivity contribution < 1.29 is 28.3 Å². The molecule has 8 rings (SSSR count). The minimum Gasteiger partial charge on any atom is -0.459 e. The quantitative estimate of drug-likeness (QED) is 0.0895. The number of aromatic nitrogens is 1. The normalized spacial score (nSPS) is 23.5. The van der Waals surface area contributed by atoms with Gasteiger partial charge in [0.1, 0.15) is 18.1 Å². The number of imide groups is 1. The zero-order valence-electron chi connectivity index (χ0n) is 32.9. The average Bonchev–Trinajstić information content (AvgIpc) is 3.93. The molecule has 1 saturated carbocycles. The van der Waals surface area contributed by atoms with Gasteiger partial charge in [-0.15, -0.1) is 0 Å². The standard InChI is InChI=1S/C47H54N2O6Si/c1-47(2,3)56(37-17-9-5-10-18-37,38-19-11-6-12-20-38)54-30-33-28-39-44(46(52)49(45(39)51)34-15-7-4-8-16-34)40-31-53-42(43(33)40)25-22-32(41-21-13-14-26-48-41)27-35-23-24-36(29-50)55-35/h5-6,9-14,17-21,23-24,26-27,34,39-40,42,44,50H,4,7-8,15-16,22,25,28-31H2,1-3H3/b32-27-/t39-,40+,42-,44-/m1/s1. The molecule has 2 aromatic heterocycles. The Morgan fingerprint density at radius 2 is 1.59 bits per heavy atom. The van der Waals surface area contributed by atoms with Gasteiger partial charge in [0.25, 0.3) is 8.32 Å². The van der Waals surface area contributed by atoms with Crippen LogP contribution in [0.4, 0.5) is 0 Å². The average molecular weight is 771 g/mol. The van der Waals surface area contributed by atoms with Gasteiger partial charge in [-0.2, -0.15) is 0 Å². The molecule has 4 aromatic rings. The Labute approximate surface area is 331 Å². The van der Waals surface area contributed by atoms with Gasteiger partial charge in [0.05, 0.1) is 36.8 Å². The Bertz CT molecular complexity index is 2030. The Kier molecular flexibility index (Phi) is 11.1. The molecule has 292 valence electrons. The van der Waals surface area contributed by atoms with Crippen molar-refractivity contribution >= 4 is 42.2 Å². The van der Waals surface area contributed by atoms with E-state index in [0.717, 1.165) is 54.5 Å². The fraction of sp³-hybridized carbons (Fsp3) is 0.426. The van der Waals surface area contributed by atoms with Crippen molar-refractivity contribution in [2.24, 2.45) is 17.8 Å². The largest absolute Gasteiger partial charge is 0.459 e. The monoisotopic (exact) mass is 770 g/mol. The van der Waals surface area contributed by atoms with Crippen molar-refractivity contribution in [1.82, 2.24) is 9.88 Å². The molecule has 2 aromatic carbocycles.